The molecule has 0 spiro atoms. The van der Waals surface area contributed by atoms with Crippen LogP contribution in [0.15, 0.2) is 18.2 Å². The molecule has 0 saturated heterocycles. The van der Waals surface area contributed by atoms with E-state index in [4.69, 9.17) is 22.7 Å². The first-order valence-electron chi connectivity index (χ1n) is 5.72. The average Bonchev–Trinajstić information content (AvgIpc) is 2.26. The number of thiocarbonyl (C=S) groups is 1. The molecule has 0 unspecified atom stereocenters. The molecule has 0 saturated carbocycles. The lowest BCUT2D eigenvalue weighted by molar-refractivity contribution is -0.121. The zero-order valence-corrected chi connectivity index (χ0v) is 11.6. The van der Waals surface area contributed by atoms with E-state index < -0.39 is 0 Å². The maximum absolute atomic E-state index is 11.7. The topological polar surface area (TPSA) is 64.3 Å². The van der Waals surface area contributed by atoms with Gasteiger partial charge >= 0.3 is 0 Å². The average molecular weight is 266 g/mol. The molecule has 1 rings (SSSR count). The molecule has 4 nitrogen and oxygen atoms in total. The third-order valence-corrected chi connectivity index (χ3v) is 2.55. The quantitative estimate of drug-likeness (QED) is 0.800. The first kappa shape index (κ1) is 14.6. The van der Waals surface area contributed by atoms with E-state index in [0.717, 1.165) is 5.56 Å². The van der Waals surface area contributed by atoms with Crippen molar-refractivity contribution >= 4 is 28.8 Å². The van der Waals surface area contributed by atoms with Gasteiger partial charge in [0.05, 0.1) is 11.8 Å². The van der Waals surface area contributed by atoms with E-state index in [1.54, 1.807) is 6.07 Å². The van der Waals surface area contributed by atoms with Crippen molar-refractivity contribution < 1.29 is 9.53 Å². The Morgan fingerprint density at radius 1 is 1.50 bits per heavy atom. The summed E-state index contributed by atoms with van der Waals surface area (Å²) < 4.78 is 5.23. The number of hydrogen-bond donors (Lipinski definition) is 2. The predicted molar refractivity (Wildman–Crippen MR) is 76.8 cm³/mol. The second kappa shape index (κ2) is 6.47. The van der Waals surface area contributed by atoms with Crippen LogP contribution in [-0.2, 0) is 9.53 Å². The Bertz CT molecular complexity index is 458. The molecule has 18 heavy (non-hydrogen) atoms. The van der Waals surface area contributed by atoms with Crippen LogP contribution in [-0.4, -0.2) is 23.6 Å². The maximum atomic E-state index is 11.7. The zero-order valence-electron chi connectivity index (χ0n) is 10.8. The first-order chi connectivity index (χ1) is 8.41. The Labute approximate surface area is 113 Å². The Morgan fingerprint density at radius 3 is 2.72 bits per heavy atom. The van der Waals surface area contributed by atoms with Gasteiger partial charge in [-0.25, -0.2) is 0 Å². The van der Waals surface area contributed by atoms with Crippen LogP contribution in [0.3, 0.4) is 0 Å². The van der Waals surface area contributed by atoms with E-state index in [-0.39, 0.29) is 23.6 Å². The van der Waals surface area contributed by atoms with Gasteiger partial charge in [0, 0.05) is 5.56 Å². The minimum Gasteiger partial charge on any atom is -0.389 e. The third kappa shape index (κ3) is 4.09. The van der Waals surface area contributed by atoms with Gasteiger partial charge in [0.2, 0.25) is 5.91 Å². The number of nitrogens with two attached hydrogens (primary N) is 1. The summed E-state index contributed by atoms with van der Waals surface area (Å²) in [6, 6.07) is 5.51. The van der Waals surface area contributed by atoms with Gasteiger partial charge in [-0.3, -0.25) is 4.79 Å². The van der Waals surface area contributed by atoms with Gasteiger partial charge in [0.1, 0.15) is 11.6 Å². The highest BCUT2D eigenvalue weighted by Gasteiger charge is 2.11. The van der Waals surface area contributed by atoms with Crippen molar-refractivity contribution in [1.82, 2.24) is 0 Å². The van der Waals surface area contributed by atoms with Gasteiger partial charge in [0.25, 0.3) is 0 Å². The maximum Gasteiger partial charge on any atom is 0.250 e. The molecule has 0 bridgehead atoms. The number of nitrogens with one attached hydrogen (secondary N) is 1. The van der Waals surface area contributed by atoms with Gasteiger partial charge in [-0.15, -0.1) is 0 Å². The molecular formula is C13H18N2O2S. The van der Waals surface area contributed by atoms with Crippen LogP contribution in [0.1, 0.15) is 25.0 Å². The van der Waals surface area contributed by atoms with Crippen molar-refractivity contribution in [1.29, 1.82) is 0 Å². The fraction of sp³-hybridized carbons (Fsp3) is 0.385. The number of aryl methyl sites for hydroxylation is 1. The summed E-state index contributed by atoms with van der Waals surface area (Å²) >= 11 is 4.99. The van der Waals surface area contributed by atoms with Crippen molar-refractivity contribution in [3.05, 3.63) is 29.3 Å². The number of benzene rings is 1. The van der Waals surface area contributed by atoms with E-state index in [0.29, 0.717) is 11.3 Å². The van der Waals surface area contributed by atoms with Crippen LogP contribution >= 0.6 is 12.2 Å². The van der Waals surface area contributed by atoms with Gasteiger partial charge in [-0.2, -0.15) is 0 Å². The Hall–Kier alpha value is -1.46. The Morgan fingerprint density at radius 2 is 2.17 bits per heavy atom. The highest BCUT2D eigenvalue weighted by Crippen LogP contribution is 2.19. The van der Waals surface area contributed by atoms with E-state index >= 15 is 0 Å². The zero-order chi connectivity index (χ0) is 13.7. The molecule has 0 fully saturated rings. The summed E-state index contributed by atoms with van der Waals surface area (Å²) in [5.74, 6) is -0.216. The first-order valence-corrected chi connectivity index (χ1v) is 6.13. The number of amides is 1. The number of ether oxygens (including phenoxy) is 1. The second-order valence-electron chi connectivity index (χ2n) is 4.27. The number of anilines is 1. The van der Waals surface area contributed by atoms with Crippen molar-refractivity contribution in [3.8, 4) is 0 Å². The van der Waals surface area contributed by atoms with E-state index in [2.05, 4.69) is 5.32 Å². The van der Waals surface area contributed by atoms with Crippen molar-refractivity contribution in [2.24, 2.45) is 5.73 Å². The minimum absolute atomic E-state index is 0.0163. The molecule has 0 aliphatic heterocycles. The smallest absolute Gasteiger partial charge is 0.250 e. The molecule has 0 aromatic heterocycles. The standard InChI is InChI=1S/C13H18N2O2S/c1-8(2)17-7-11(16)15-10-6-4-5-9(3)12(10)13(14)18/h4-6,8H,7H2,1-3H3,(H2,14,18)(H,15,16). The summed E-state index contributed by atoms with van der Waals surface area (Å²) in [5, 5.41) is 2.76. The molecule has 0 aliphatic rings. The third-order valence-electron chi connectivity index (χ3n) is 2.34. The normalized spacial score (nSPS) is 10.4. The highest BCUT2D eigenvalue weighted by molar-refractivity contribution is 7.80. The molecule has 5 heteroatoms. The van der Waals surface area contributed by atoms with Crippen LogP contribution in [0, 0.1) is 6.92 Å². The molecule has 1 aromatic carbocycles. The van der Waals surface area contributed by atoms with E-state index in [1.807, 2.05) is 32.9 Å². The van der Waals surface area contributed by atoms with Crippen LogP contribution < -0.4 is 11.1 Å². The van der Waals surface area contributed by atoms with Crippen LogP contribution in [0.2, 0.25) is 0 Å². The fourth-order valence-electron chi connectivity index (χ4n) is 1.53. The van der Waals surface area contributed by atoms with Crippen LogP contribution in [0.4, 0.5) is 5.69 Å². The summed E-state index contributed by atoms with van der Waals surface area (Å²) in [6.07, 6.45) is 0.0170. The monoisotopic (exact) mass is 266 g/mol. The summed E-state index contributed by atoms with van der Waals surface area (Å²) in [6.45, 7) is 5.66. The fourth-order valence-corrected chi connectivity index (χ4v) is 1.80. The van der Waals surface area contributed by atoms with Crippen LogP contribution in [0.25, 0.3) is 0 Å². The van der Waals surface area contributed by atoms with E-state index in [1.165, 1.54) is 0 Å². The minimum atomic E-state index is -0.216. The number of carbonyl (C=O) groups is 1. The molecule has 98 valence electrons. The highest BCUT2D eigenvalue weighted by atomic mass is 32.1. The lowest BCUT2D eigenvalue weighted by Crippen LogP contribution is -2.23. The second-order valence-corrected chi connectivity index (χ2v) is 4.71. The molecule has 1 amide bonds. The van der Waals surface area contributed by atoms with Gasteiger partial charge in [0.15, 0.2) is 0 Å². The number of hydrogen-bond acceptors (Lipinski definition) is 3. The van der Waals surface area contributed by atoms with Gasteiger partial charge in [-0.05, 0) is 32.4 Å². The summed E-state index contributed by atoms with van der Waals surface area (Å²) in [7, 11) is 0. The number of carbonyl (C=O) groups excluding carboxylic acids is 1. The molecule has 0 radical (unpaired) electrons. The lowest BCUT2D eigenvalue weighted by Gasteiger charge is -2.13. The van der Waals surface area contributed by atoms with Crippen molar-refractivity contribution in [3.63, 3.8) is 0 Å². The molecular weight excluding hydrogens is 248 g/mol. The molecule has 0 aliphatic carbocycles. The number of rotatable bonds is 5. The predicted octanol–water partition coefficient (Wildman–Crippen LogP) is 1.99. The van der Waals surface area contributed by atoms with Crippen molar-refractivity contribution in [2.45, 2.75) is 26.9 Å². The SMILES string of the molecule is Cc1cccc(NC(=O)COC(C)C)c1C(N)=S. The van der Waals surface area contributed by atoms with Crippen LogP contribution in [0.5, 0.6) is 0 Å². The molecule has 1 aromatic rings. The molecule has 0 heterocycles. The summed E-state index contributed by atoms with van der Waals surface area (Å²) in [4.78, 5) is 12.0. The summed E-state index contributed by atoms with van der Waals surface area (Å²) in [5.41, 5.74) is 7.92. The lowest BCUT2D eigenvalue weighted by atomic mass is 10.1. The Balaban J connectivity index is 2.81. The Kier molecular flexibility index (Phi) is 5.25. The van der Waals surface area contributed by atoms with Gasteiger partial charge in [-0.1, -0.05) is 24.4 Å². The van der Waals surface area contributed by atoms with E-state index in [9.17, 15) is 4.79 Å². The largest absolute Gasteiger partial charge is 0.389 e. The molecule has 0 atom stereocenters. The van der Waals surface area contributed by atoms with Crippen molar-refractivity contribution in [2.75, 3.05) is 11.9 Å². The molecule has 3 N–H and O–H groups in total. The van der Waals surface area contributed by atoms with Gasteiger partial charge < -0.3 is 15.8 Å².